The molecule has 0 bridgehead atoms. The Morgan fingerprint density at radius 3 is 2.70 bits per heavy atom. The Labute approximate surface area is 123 Å². The molecular formula is C13H18ClFN4O. The fourth-order valence-corrected chi connectivity index (χ4v) is 2.24. The van der Waals surface area contributed by atoms with Gasteiger partial charge in [-0.25, -0.2) is 4.39 Å². The maximum Gasteiger partial charge on any atom is 0.243 e. The van der Waals surface area contributed by atoms with Crippen LogP contribution in [-0.2, 0) is 11.3 Å². The molecule has 110 valence electrons. The highest BCUT2D eigenvalue weighted by Gasteiger charge is 2.31. The number of carbonyl (C=O) groups is 1. The van der Waals surface area contributed by atoms with E-state index in [0.717, 1.165) is 12.0 Å². The summed E-state index contributed by atoms with van der Waals surface area (Å²) in [4.78, 5) is 13.6. The topological polar surface area (TPSA) is 82.2 Å². The fourth-order valence-electron chi connectivity index (χ4n) is 2.24. The van der Waals surface area contributed by atoms with Crippen molar-refractivity contribution in [3.63, 3.8) is 0 Å². The van der Waals surface area contributed by atoms with Crippen LogP contribution in [0, 0.1) is 11.2 Å². The normalized spacial score (nSPS) is 17.4. The molecule has 1 aromatic carbocycles. The van der Waals surface area contributed by atoms with Crippen LogP contribution >= 0.6 is 12.4 Å². The first-order chi connectivity index (χ1) is 9.08. The molecule has 1 aliphatic heterocycles. The SMILES string of the molecule is Cl.N=C(N)N1CCCC1C(=O)NCc1ccc(F)cc1. The third-order valence-electron chi connectivity index (χ3n) is 3.24. The molecule has 0 radical (unpaired) electrons. The second kappa shape index (κ2) is 7.09. The first kappa shape index (κ1) is 16.2. The third-order valence-corrected chi connectivity index (χ3v) is 3.24. The van der Waals surface area contributed by atoms with Crippen molar-refractivity contribution < 1.29 is 9.18 Å². The largest absolute Gasteiger partial charge is 0.370 e. The van der Waals surface area contributed by atoms with Crippen molar-refractivity contribution in [2.75, 3.05) is 6.54 Å². The summed E-state index contributed by atoms with van der Waals surface area (Å²) in [6, 6.07) is 5.62. The van der Waals surface area contributed by atoms with E-state index in [1.54, 1.807) is 17.0 Å². The van der Waals surface area contributed by atoms with Gasteiger partial charge >= 0.3 is 0 Å². The third kappa shape index (κ3) is 3.84. The summed E-state index contributed by atoms with van der Waals surface area (Å²) in [5, 5.41) is 10.2. The Morgan fingerprint density at radius 2 is 2.10 bits per heavy atom. The lowest BCUT2D eigenvalue weighted by atomic mass is 10.2. The Kier molecular flexibility index (Phi) is 5.76. The number of likely N-dealkylation sites (tertiary alicyclic amines) is 1. The van der Waals surface area contributed by atoms with Gasteiger partial charge in [0, 0.05) is 13.1 Å². The highest BCUT2D eigenvalue weighted by molar-refractivity contribution is 5.87. The van der Waals surface area contributed by atoms with Crippen LogP contribution in [0.25, 0.3) is 0 Å². The molecule has 0 aromatic heterocycles. The summed E-state index contributed by atoms with van der Waals surface area (Å²) in [5.41, 5.74) is 6.27. The van der Waals surface area contributed by atoms with Gasteiger partial charge in [0.25, 0.3) is 0 Å². The fraction of sp³-hybridized carbons (Fsp3) is 0.385. The predicted octanol–water partition coefficient (Wildman–Crippen LogP) is 1.22. The molecule has 1 unspecified atom stereocenters. The van der Waals surface area contributed by atoms with Gasteiger partial charge in [-0.2, -0.15) is 0 Å². The average molecular weight is 301 g/mol. The molecule has 4 N–H and O–H groups in total. The molecule has 0 saturated carbocycles. The van der Waals surface area contributed by atoms with E-state index < -0.39 is 0 Å². The van der Waals surface area contributed by atoms with Crippen molar-refractivity contribution in [1.82, 2.24) is 10.2 Å². The number of halogens is 2. The van der Waals surface area contributed by atoms with E-state index in [1.807, 2.05) is 0 Å². The zero-order valence-corrected chi connectivity index (χ0v) is 11.8. The Hall–Kier alpha value is -1.82. The van der Waals surface area contributed by atoms with E-state index in [4.69, 9.17) is 11.1 Å². The van der Waals surface area contributed by atoms with Crippen LogP contribution in [0.2, 0.25) is 0 Å². The molecular weight excluding hydrogens is 283 g/mol. The van der Waals surface area contributed by atoms with Crippen molar-refractivity contribution in [3.8, 4) is 0 Å². The van der Waals surface area contributed by atoms with E-state index in [9.17, 15) is 9.18 Å². The molecule has 5 nitrogen and oxygen atoms in total. The highest BCUT2D eigenvalue weighted by Crippen LogP contribution is 2.16. The molecule has 0 spiro atoms. The summed E-state index contributed by atoms with van der Waals surface area (Å²) in [7, 11) is 0. The van der Waals surface area contributed by atoms with Crippen molar-refractivity contribution in [1.29, 1.82) is 5.41 Å². The van der Waals surface area contributed by atoms with E-state index in [2.05, 4.69) is 5.32 Å². The van der Waals surface area contributed by atoms with Gasteiger partial charge in [-0.15, -0.1) is 12.4 Å². The molecule has 1 atom stereocenters. The van der Waals surface area contributed by atoms with Crippen molar-refractivity contribution >= 4 is 24.3 Å². The summed E-state index contributed by atoms with van der Waals surface area (Å²) in [5.74, 6) is -0.509. The van der Waals surface area contributed by atoms with Crippen molar-refractivity contribution in [3.05, 3.63) is 35.6 Å². The number of nitrogens with two attached hydrogens (primary N) is 1. The molecule has 7 heteroatoms. The van der Waals surface area contributed by atoms with Gasteiger partial charge in [-0.05, 0) is 30.5 Å². The quantitative estimate of drug-likeness (QED) is 0.580. The summed E-state index contributed by atoms with van der Waals surface area (Å²) >= 11 is 0. The summed E-state index contributed by atoms with van der Waals surface area (Å²) < 4.78 is 12.7. The monoisotopic (exact) mass is 300 g/mol. The highest BCUT2D eigenvalue weighted by atomic mass is 35.5. The predicted molar refractivity (Wildman–Crippen MR) is 77.1 cm³/mol. The maximum atomic E-state index is 12.7. The van der Waals surface area contributed by atoms with E-state index in [-0.39, 0.29) is 36.1 Å². The molecule has 1 fully saturated rings. The zero-order chi connectivity index (χ0) is 13.8. The van der Waals surface area contributed by atoms with Crippen LogP contribution in [0.5, 0.6) is 0 Å². The first-order valence-electron chi connectivity index (χ1n) is 6.21. The number of rotatable bonds is 3. The standard InChI is InChI=1S/C13H17FN4O.ClH/c14-10-5-3-9(4-6-10)8-17-12(19)11-2-1-7-18(11)13(15)16;/h3-6,11H,1-2,7-8H2,(H3,15,16)(H,17,19);1H. The molecule has 1 heterocycles. The van der Waals surface area contributed by atoms with Gasteiger partial charge in [0.1, 0.15) is 11.9 Å². The van der Waals surface area contributed by atoms with E-state index in [1.165, 1.54) is 12.1 Å². The zero-order valence-electron chi connectivity index (χ0n) is 10.9. The van der Waals surface area contributed by atoms with E-state index >= 15 is 0 Å². The number of guanidine groups is 1. The minimum Gasteiger partial charge on any atom is -0.370 e. The maximum absolute atomic E-state index is 12.7. The lowest BCUT2D eigenvalue weighted by Crippen LogP contribution is -2.48. The van der Waals surface area contributed by atoms with Crippen LogP contribution in [0.4, 0.5) is 4.39 Å². The number of amides is 1. The number of benzene rings is 1. The van der Waals surface area contributed by atoms with Gasteiger partial charge in [-0.3, -0.25) is 10.2 Å². The van der Waals surface area contributed by atoms with Crippen LogP contribution in [0.1, 0.15) is 18.4 Å². The Balaban J connectivity index is 0.00000200. The number of nitrogens with one attached hydrogen (secondary N) is 2. The Morgan fingerprint density at radius 1 is 1.45 bits per heavy atom. The summed E-state index contributed by atoms with van der Waals surface area (Å²) in [6.45, 7) is 0.991. The van der Waals surface area contributed by atoms with Crippen LogP contribution < -0.4 is 11.1 Å². The Bertz CT molecular complexity index is 480. The van der Waals surface area contributed by atoms with Gasteiger partial charge in [0.15, 0.2) is 5.96 Å². The van der Waals surface area contributed by atoms with Crippen LogP contribution in [0.3, 0.4) is 0 Å². The lowest BCUT2D eigenvalue weighted by molar-refractivity contribution is -0.124. The number of hydrogen-bond donors (Lipinski definition) is 3. The molecule has 1 saturated heterocycles. The molecule has 1 aliphatic rings. The smallest absolute Gasteiger partial charge is 0.243 e. The van der Waals surface area contributed by atoms with Crippen molar-refractivity contribution in [2.45, 2.75) is 25.4 Å². The molecule has 2 rings (SSSR count). The lowest BCUT2D eigenvalue weighted by Gasteiger charge is -2.23. The summed E-state index contributed by atoms with van der Waals surface area (Å²) in [6.07, 6.45) is 1.56. The second-order valence-corrected chi connectivity index (χ2v) is 4.58. The molecule has 20 heavy (non-hydrogen) atoms. The van der Waals surface area contributed by atoms with Crippen LogP contribution in [-0.4, -0.2) is 29.4 Å². The van der Waals surface area contributed by atoms with E-state index in [0.29, 0.717) is 19.5 Å². The average Bonchev–Trinajstić information content (AvgIpc) is 2.87. The molecule has 1 aromatic rings. The number of nitrogens with zero attached hydrogens (tertiary/aromatic N) is 1. The van der Waals surface area contributed by atoms with Crippen LogP contribution in [0.15, 0.2) is 24.3 Å². The van der Waals surface area contributed by atoms with Gasteiger partial charge in [0.2, 0.25) is 5.91 Å². The minimum atomic E-state index is -0.363. The van der Waals surface area contributed by atoms with Gasteiger partial charge in [-0.1, -0.05) is 12.1 Å². The molecule has 1 amide bonds. The van der Waals surface area contributed by atoms with Crippen molar-refractivity contribution in [2.24, 2.45) is 5.73 Å². The van der Waals surface area contributed by atoms with Gasteiger partial charge < -0.3 is 16.0 Å². The number of hydrogen-bond acceptors (Lipinski definition) is 2. The molecule has 0 aliphatic carbocycles. The number of carbonyl (C=O) groups excluding carboxylic acids is 1. The first-order valence-corrected chi connectivity index (χ1v) is 6.21. The minimum absolute atomic E-state index is 0. The van der Waals surface area contributed by atoms with Gasteiger partial charge in [0.05, 0.1) is 0 Å². The second-order valence-electron chi connectivity index (χ2n) is 4.58.